The lowest BCUT2D eigenvalue weighted by Crippen LogP contribution is -2.56. The molecule has 0 radical (unpaired) electrons. The number of nitrogens with two attached hydrogens (primary N) is 3. The lowest BCUT2D eigenvalue weighted by atomic mass is 9.99. The van der Waals surface area contributed by atoms with Crippen LogP contribution >= 0.6 is 0 Å². The van der Waals surface area contributed by atoms with Crippen LogP contribution in [0.2, 0.25) is 0 Å². The maximum Gasteiger partial charge on any atom is 0.326 e. The standard InChI is InChI=1S/C16H31N5O5/c1-3-9(2)13(19)15(24)21-11(8-12(18)22)14(23)20-10(16(25)26)6-4-5-7-17/h9-11,13H,3-8,17,19H2,1-2H3,(H2,18,22)(H,20,23)(H,21,24)(H,25,26)/t9-,10-,11-,13-/m0/s1. The summed E-state index contributed by atoms with van der Waals surface area (Å²) in [7, 11) is 0. The van der Waals surface area contributed by atoms with Gasteiger partial charge in [0.15, 0.2) is 0 Å². The first-order valence-electron chi connectivity index (χ1n) is 8.71. The molecule has 0 fully saturated rings. The van der Waals surface area contributed by atoms with E-state index in [0.29, 0.717) is 25.8 Å². The summed E-state index contributed by atoms with van der Waals surface area (Å²) < 4.78 is 0. The Kier molecular flexibility index (Phi) is 11.2. The van der Waals surface area contributed by atoms with Gasteiger partial charge in [0, 0.05) is 0 Å². The van der Waals surface area contributed by atoms with Crippen LogP contribution in [0, 0.1) is 5.92 Å². The van der Waals surface area contributed by atoms with Crippen LogP contribution < -0.4 is 27.8 Å². The molecule has 9 N–H and O–H groups in total. The van der Waals surface area contributed by atoms with Gasteiger partial charge in [0.25, 0.3) is 0 Å². The number of hydrogen-bond acceptors (Lipinski definition) is 6. The van der Waals surface area contributed by atoms with E-state index in [2.05, 4.69) is 10.6 Å². The number of rotatable bonds is 13. The van der Waals surface area contributed by atoms with Crippen molar-refractivity contribution in [2.75, 3.05) is 6.54 Å². The second-order valence-corrected chi connectivity index (χ2v) is 6.33. The Labute approximate surface area is 153 Å². The molecule has 0 aliphatic heterocycles. The Morgan fingerprint density at radius 1 is 1.04 bits per heavy atom. The third kappa shape index (κ3) is 8.77. The second kappa shape index (κ2) is 12.2. The molecule has 0 saturated carbocycles. The second-order valence-electron chi connectivity index (χ2n) is 6.33. The van der Waals surface area contributed by atoms with Crippen molar-refractivity contribution < 1.29 is 24.3 Å². The summed E-state index contributed by atoms with van der Waals surface area (Å²) in [6.07, 6.45) is 1.51. The predicted molar refractivity (Wildman–Crippen MR) is 95.6 cm³/mol. The average molecular weight is 373 g/mol. The molecule has 0 bridgehead atoms. The number of unbranched alkanes of at least 4 members (excludes halogenated alkanes) is 1. The molecule has 0 unspecified atom stereocenters. The molecule has 10 nitrogen and oxygen atoms in total. The molecule has 10 heteroatoms. The number of amides is 3. The van der Waals surface area contributed by atoms with Crippen molar-refractivity contribution in [3.8, 4) is 0 Å². The molecular weight excluding hydrogens is 342 g/mol. The summed E-state index contributed by atoms with van der Waals surface area (Å²) in [5, 5.41) is 13.9. The normalized spacial score (nSPS) is 15.4. The number of carboxylic acids is 1. The van der Waals surface area contributed by atoms with Gasteiger partial charge in [-0.05, 0) is 31.7 Å². The van der Waals surface area contributed by atoms with Gasteiger partial charge in [-0.2, -0.15) is 0 Å². The van der Waals surface area contributed by atoms with Crippen LogP contribution in [0.25, 0.3) is 0 Å². The van der Waals surface area contributed by atoms with E-state index in [-0.39, 0.29) is 12.3 Å². The van der Waals surface area contributed by atoms with Gasteiger partial charge in [0.2, 0.25) is 17.7 Å². The molecule has 0 spiro atoms. The van der Waals surface area contributed by atoms with E-state index in [0.717, 1.165) is 0 Å². The summed E-state index contributed by atoms with van der Waals surface area (Å²) in [5.74, 6) is -3.55. The number of carboxylic acid groups (broad SMARTS) is 1. The molecular formula is C16H31N5O5. The summed E-state index contributed by atoms with van der Waals surface area (Å²) in [4.78, 5) is 47.0. The maximum absolute atomic E-state index is 12.4. The SMILES string of the molecule is CC[C@H](C)[C@H](N)C(=O)N[C@@H](CC(N)=O)C(=O)N[C@@H](CCCCN)C(=O)O. The van der Waals surface area contributed by atoms with Crippen molar-refractivity contribution in [1.29, 1.82) is 0 Å². The van der Waals surface area contributed by atoms with E-state index in [4.69, 9.17) is 17.2 Å². The van der Waals surface area contributed by atoms with E-state index in [1.807, 2.05) is 6.92 Å². The molecule has 0 aromatic carbocycles. The topological polar surface area (TPSA) is 191 Å². The minimum atomic E-state index is -1.29. The Hall–Kier alpha value is -2.20. The number of primary amides is 1. The fourth-order valence-electron chi connectivity index (χ4n) is 2.21. The summed E-state index contributed by atoms with van der Waals surface area (Å²) in [6, 6.07) is -3.29. The number of hydrogen-bond donors (Lipinski definition) is 6. The van der Waals surface area contributed by atoms with Crippen molar-refractivity contribution in [2.24, 2.45) is 23.1 Å². The number of carbonyl (C=O) groups is 4. The summed E-state index contributed by atoms with van der Waals surface area (Å²) >= 11 is 0. The molecule has 150 valence electrons. The Balaban J connectivity index is 5.03. The van der Waals surface area contributed by atoms with E-state index < -0.39 is 48.2 Å². The molecule has 26 heavy (non-hydrogen) atoms. The molecule has 0 saturated heterocycles. The summed E-state index contributed by atoms with van der Waals surface area (Å²) in [5.41, 5.74) is 16.3. The molecule has 0 rings (SSSR count). The number of aliphatic carboxylic acids is 1. The molecule has 0 aliphatic rings. The third-order valence-corrected chi connectivity index (χ3v) is 4.16. The predicted octanol–water partition coefficient (Wildman–Crippen LogP) is -1.58. The fraction of sp³-hybridized carbons (Fsp3) is 0.750. The number of carbonyl (C=O) groups excluding carboxylic acids is 3. The monoisotopic (exact) mass is 373 g/mol. The van der Waals surface area contributed by atoms with Crippen LogP contribution in [0.3, 0.4) is 0 Å². The zero-order chi connectivity index (χ0) is 20.3. The Bertz CT molecular complexity index is 499. The van der Waals surface area contributed by atoms with Crippen molar-refractivity contribution in [3.63, 3.8) is 0 Å². The fourth-order valence-corrected chi connectivity index (χ4v) is 2.21. The lowest BCUT2D eigenvalue weighted by molar-refractivity contribution is -0.142. The molecule has 0 aliphatic carbocycles. The van der Waals surface area contributed by atoms with Crippen LogP contribution in [0.1, 0.15) is 46.0 Å². The van der Waals surface area contributed by atoms with Gasteiger partial charge in [-0.1, -0.05) is 20.3 Å². The van der Waals surface area contributed by atoms with Crippen molar-refractivity contribution in [2.45, 2.75) is 64.1 Å². The number of nitrogens with one attached hydrogen (secondary N) is 2. The van der Waals surface area contributed by atoms with Gasteiger partial charge in [-0.3, -0.25) is 14.4 Å². The first kappa shape index (κ1) is 23.8. The summed E-state index contributed by atoms with van der Waals surface area (Å²) in [6.45, 7) is 4.06. The third-order valence-electron chi connectivity index (χ3n) is 4.16. The molecule has 0 aromatic rings. The van der Waals surface area contributed by atoms with E-state index in [1.165, 1.54) is 0 Å². The van der Waals surface area contributed by atoms with Gasteiger partial charge in [-0.15, -0.1) is 0 Å². The van der Waals surface area contributed by atoms with Gasteiger partial charge in [0.1, 0.15) is 12.1 Å². The quantitative estimate of drug-likeness (QED) is 0.210. The Morgan fingerprint density at radius 2 is 1.62 bits per heavy atom. The maximum atomic E-state index is 12.4. The smallest absolute Gasteiger partial charge is 0.326 e. The molecule has 0 aromatic heterocycles. The van der Waals surface area contributed by atoms with Crippen LogP contribution in [0.5, 0.6) is 0 Å². The minimum Gasteiger partial charge on any atom is -0.480 e. The highest BCUT2D eigenvalue weighted by Gasteiger charge is 2.29. The van der Waals surface area contributed by atoms with E-state index in [1.54, 1.807) is 6.92 Å². The van der Waals surface area contributed by atoms with E-state index >= 15 is 0 Å². The molecule has 4 atom stereocenters. The van der Waals surface area contributed by atoms with E-state index in [9.17, 15) is 24.3 Å². The first-order valence-corrected chi connectivity index (χ1v) is 8.71. The van der Waals surface area contributed by atoms with Crippen LogP contribution in [-0.4, -0.2) is 53.5 Å². The van der Waals surface area contributed by atoms with Gasteiger partial charge < -0.3 is 32.9 Å². The van der Waals surface area contributed by atoms with Gasteiger partial charge >= 0.3 is 5.97 Å². The lowest BCUT2D eigenvalue weighted by Gasteiger charge is -2.24. The first-order chi connectivity index (χ1) is 12.1. The zero-order valence-electron chi connectivity index (χ0n) is 15.4. The van der Waals surface area contributed by atoms with Crippen LogP contribution in [-0.2, 0) is 19.2 Å². The molecule has 0 heterocycles. The largest absolute Gasteiger partial charge is 0.480 e. The highest BCUT2D eigenvalue weighted by molar-refractivity contribution is 5.94. The van der Waals surface area contributed by atoms with Crippen LogP contribution in [0.15, 0.2) is 0 Å². The van der Waals surface area contributed by atoms with Gasteiger partial charge in [0.05, 0.1) is 12.5 Å². The van der Waals surface area contributed by atoms with Crippen molar-refractivity contribution in [1.82, 2.24) is 10.6 Å². The van der Waals surface area contributed by atoms with Gasteiger partial charge in [-0.25, -0.2) is 4.79 Å². The Morgan fingerprint density at radius 3 is 2.08 bits per heavy atom. The minimum absolute atomic E-state index is 0.129. The van der Waals surface area contributed by atoms with Crippen molar-refractivity contribution >= 4 is 23.7 Å². The highest BCUT2D eigenvalue weighted by atomic mass is 16.4. The zero-order valence-corrected chi connectivity index (χ0v) is 15.4. The van der Waals surface area contributed by atoms with Crippen molar-refractivity contribution in [3.05, 3.63) is 0 Å². The average Bonchev–Trinajstić information content (AvgIpc) is 2.58. The molecule has 3 amide bonds. The van der Waals surface area contributed by atoms with Crippen LogP contribution in [0.4, 0.5) is 0 Å². The highest BCUT2D eigenvalue weighted by Crippen LogP contribution is 2.07.